The van der Waals surface area contributed by atoms with Gasteiger partial charge < -0.3 is 29.3 Å². The van der Waals surface area contributed by atoms with Gasteiger partial charge in [-0.3, -0.25) is 43.4 Å². The number of fused-ring (bicyclic) bond motifs is 1. The van der Waals surface area contributed by atoms with Crippen molar-refractivity contribution in [3.8, 4) is 0 Å². The van der Waals surface area contributed by atoms with Crippen LogP contribution >= 0.6 is 77.1 Å². The Hall–Kier alpha value is -3.53. The van der Waals surface area contributed by atoms with Gasteiger partial charge in [-0.05, 0) is 60.3 Å². The number of aliphatic carboxylic acids is 1. The van der Waals surface area contributed by atoms with Crippen molar-refractivity contribution in [1.29, 1.82) is 0 Å². The maximum absolute atomic E-state index is 14.3. The minimum atomic E-state index is -4.10. The number of esters is 1. The zero-order valence-corrected chi connectivity index (χ0v) is 41.8. The van der Waals surface area contributed by atoms with Crippen LogP contribution in [0.5, 0.6) is 0 Å². The number of carbonyl (C=O) groups is 4. The number of ether oxygens (including phenoxy) is 2. The number of hydrogen-bond donors (Lipinski definition) is 4. The molecule has 4 N–H and O–H groups in total. The van der Waals surface area contributed by atoms with E-state index in [9.17, 15) is 32.9 Å². The third-order valence-electron chi connectivity index (χ3n) is 8.38. The van der Waals surface area contributed by atoms with Gasteiger partial charge in [0.1, 0.15) is 24.1 Å². The van der Waals surface area contributed by atoms with Gasteiger partial charge in [-0.15, -0.1) is 36.5 Å². The van der Waals surface area contributed by atoms with Crippen molar-refractivity contribution in [2.45, 2.75) is 62.4 Å². The molecule has 1 aliphatic heterocycles. The molecular weight excluding hydrogens is 996 g/mol. The minimum absolute atomic E-state index is 0.0371. The monoisotopic (exact) mass is 1050 g/mol. The summed E-state index contributed by atoms with van der Waals surface area (Å²) in [7, 11) is -1.22. The quantitative estimate of drug-likeness (QED) is 0.0250. The smallest absolute Gasteiger partial charge is 0.339 e. The lowest BCUT2D eigenvalue weighted by Gasteiger charge is -2.26. The Balaban J connectivity index is 0.000000464. The topological polar surface area (TPSA) is 222 Å². The largest absolute Gasteiger partial charge is 0.480 e. The highest BCUT2D eigenvalue weighted by Crippen LogP contribution is 2.34. The van der Waals surface area contributed by atoms with Crippen molar-refractivity contribution in [2.75, 3.05) is 63.4 Å². The van der Waals surface area contributed by atoms with Gasteiger partial charge in [0, 0.05) is 38.2 Å². The Morgan fingerprint density at radius 2 is 1.65 bits per heavy atom. The lowest BCUT2D eigenvalue weighted by molar-refractivity contribution is -0.137. The molecule has 1 aromatic heterocycles. The lowest BCUT2D eigenvalue weighted by Crippen LogP contribution is -2.35. The lowest BCUT2D eigenvalue weighted by atomic mass is 10.0. The molecule has 0 spiro atoms. The predicted octanol–water partition coefficient (Wildman–Crippen LogP) is 6.57. The zero-order valence-electron chi connectivity index (χ0n) is 36.2. The molecule has 0 atom stereocenters. The third kappa shape index (κ3) is 21.3. The van der Waals surface area contributed by atoms with E-state index in [1.54, 1.807) is 33.5 Å². The van der Waals surface area contributed by atoms with E-state index in [0.717, 1.165) is 71.7 Å². The van der Waals surface area contributed by atoms with Gasteiger partial charge in [0.05, 0.1) is 36.4 Å². The van der Waals surface area contributed by atoms with Crippen LogP contribution in [0.25, 0.3) is 0 Å². The van der Waals surface area contributed by atoms with E-state index in [2.05, 4.69) is 42.1 Å². The molecule has 2 aromatic carbocycles. The summed E-state index contributed by atoms with van der Waals surface area (Å²) in [4.78, 5) is 79.9. The molecule has 4 rings (SSSR count). The van der Waals surface area contributed by atoms with Crippen LogP contribution in [0.4, 0.5) is 15.8 Å². The number of para-hydroxylation sites is 1. The number of hydrogen-bond acceptors (Lipinski definition) is 12. The number of carboxylic acids is 1. The highest BCUT2D eigenvalue weighted by Gasteiger charge is 2.21. The standard InChI is InChI=1S/C15H15ClFN3O3S2.C14H20ClNO2.C8H11Cl2NO.C3H8NO5P/c1-23-13(21)8-24-12-7-11(10(17)6-9(12)16)18-14-19-4-2-3-5-20(19)15(22)25-14;1-4-11-7-6-8-12(5-2)14(11)16(10-18-3)13(17)9-15;1-3-5-11(6-4-2)8(12)7(9)10;5-3(6)1-4-2-10(7,8)9/h6-7H,2-5,8H2,1H3;6-8H,4-5,9-10H2,1-3H3;3-4,7H,1-2,5-6H2;4H,1-2H2,(H,5,6)(H2,7,8,9). The molecule has 2 amide bonds. The van der Waals surface area contributed by atoms with Gasteiger partial charge >= 0.3 is 24.4 Å². The average molecular weight is 1050 g/mol. The normalized spacial score (nSPS) is 12.0. The minimum Gasteiger partial charge on any atom is -0.480 e. The van der Waals surface area contributed by atoms with E-state index < -0.39 is 43.0 Å². The number of aryl methyl sites for hydroxylation is 2. The Bertz CT molecular complexity index is 2210. The second kappa shape index (κ2) is 31.4. The van der Waals surface area contributed by atoms with Crippen LogP contribution in [0.2, 0.25) is 5.02 Å². The van der Waals surface area contributed by atoms with Gasteiger partial charge in [-0.1, -0.05) is 79.0 Å². The summed E-state index contributed by atoms with van der Waals surface area (Å²) in [5, 5.41) is 10.3. The first kappa shape index (κ1) is 59.5. The Labute approximate surface area is 404 Å². The number of methoxy groups -OCH3 is 2. The molecule has 0 fully saturated rings. The molecule has 25 heteroatoms. The maximum atomic E-state index is 14.3. The number of alkyl halides is 3. The first-order chi connectivity index (χ1) is 30.7. The fraction of sp³-hybridized carbons (Fsp3) is 0.450. The van der Waals surface area contributed by atoms with Crippen molar-refractivity contribution < 1.29 is 52.5 Å². The van der Waals surface area contributed by atoms with Crippen LogP contribution in [-0.2, 0) is 59.1 Å². The number of benzene rings is 2. The fourth-order valence-corrected chi connectivity index (χ4v) is 8.28. The van der Waals surface area contributed by atoms with E-state index in [-0.39, 0.29) is 45.8 Å². The van der Waals surface area contributed by atoms with Gasteiger partial charge in [0.25, 0.3) is 5.91 Å². The van der Waals surface area contributed by atoms with E-state index in [1.165, 1.54) is 18.1 Å². The molecule has 0 saturated carbocycles. The second-order valence-electron chi connectivity index (χ2n) is 13.1. The summed E-state index contributed by atoms with van der Waals surface area (Å²) in [6.45, 7) is 13.2. The van der Waals surface area contributed by atoms with Crippen LogP contribution in [-0.4, -0.2) is 116 Å². The number of amides is 2. The molecule has 65 heavy (non-hydrogen) atoms. The number of carboxylic acid groups (broad SMARTS) is 1. The van der Waals surface area contributed by atoms with Crippen LogP contribution < -0.4 is 19.9 Å². The average Bonchev–Trinajstić information content (AvgIpc) is 3.59. The van der Waals surface area contributed by atoms with E-state index in [4.69, 9.17) is 66.0 Å². The first-order valence-electron chi connectivity index (χ1n) is 19.5. The van der Waals surface area contributed by atoms with Gasteiger partial charge in [-0.25, -0.2) is 14.1 Å². The molecule has 0 unspecified atom stereocenters. The highest BCUT2D eigenvalue weighted by molar-refractivity contribution is 8.00. The number of halogens is 5. The van der Waals surface area contributed by atoms with E-state index >= 15 is 0 Å². The number of rotatable bonds is 19. The molecule has 0 aliphatic carbocycles. The van der Waals surface area contributed by atoms with Crippen LogP contribution in [0.3, 0.4) is 0 Å². The van der Waals surface area contributed by atoms with Crippen LogP contribution in [0.1, 0.15) is 37.8 Å². The molecule has 17 nitrogen and oxygen atoms in total. The van der Waals surface area contributed by atoms with Crippen LogP contribution in [0, 0.1) is 5.82 Å². The number of aromatic nitrogens is 2. The summed E-state index contributed by atoms with van der Waals surface area (Å²) in [5.41, 5.74) is 3.32. The maximum Gasteiger partial charge on any atom is 0.339 e. The van der Waals surface area contributed by atoms with Crippen LogP contribution in [0.15, 0.2) is 70.3 Å². The summed E-state index contributed by atoms with van der Waals surface area (Å²) >= 11 is 24.6. The number of nitrogens with zero attached hydrogens (tertiary/aromatic N) is 5. The number of anilines is 1. The fourth-order valence-electron chi connectivity index (χ4n) is 5.47. The Kier molecular flexibility index (Phi) is 28.8. The third-order valence-corrected chi connectivity index (χ3v) is 11.9. The first-order valence-corrected chi connectivity index (χ1v) is 24.9. The number of carbonyl (C=O) groups excluding carboxylic acids is 3. The molecule has 1 aliphatic rings. The zero-order chi connectivity index (χ0) is 49.3. The molecule has 362 valence electrons. The molecule has 3 aromatic rings. The number of thioether (sulfide) groups is 1. The SMILES string of the molecule is C=CCN(CC=C)C(=O)C(Cl)Cl.CCc1cccc(CC)c1N(COC)C(=O)CCl.COC(=O)CSc1cc(N=c2sc(=O)n3n2CCCC3)c(F)cc1Cl.O=C(O)CNCP(=O)(O)O. The molecule has 0 bridgehead atoms. The summed E-state index contributed by atoms with van der Waals surface area (Å²) in [5.74, 6) is -2.56. The van der Waals surface area contributed by atoms with Crippen molar-refractivity contribution in [3.05, 3.63) is 92.1 Å². The van der Waals surface area contributed by atoms with E-state index in [1.807, 2.05) is 18.2 Å². The Morgan fingerprint density at radius 3 is 2.12 bits per heavy atom. The van der Waals surface area contributed by atoms with Crippen molar-refractivity contribution in [3.63, 3.8) is 0 Å². The Morgan fingerprint density at radius 1 is 1.06 bits per heavy atom. The van der Waals surface area contributed by atoms with Crippen molar-refractivity contribution in [1.82, 2.24) is 19.6 Å². The second-order valence-corrected chi connectivity index (χ2v) is 18.4. The van der Waals surface area contributed by atoms with E-state index in [0.29, 0.717) is 35.9 Å². The van der Waals surface area contributed by atoms with Crippen molar-refractivity contribution >= 4 is 112 Å². The summed E-state index contributed by atoms with van der Waals surface area (Å²) < 4.78 is 37.4. The van der Waals surface area contributed by atoms with Gasteiger partial charge in [0.2, 0.25) is 10.7 Å². The molecule has 2 heterocycles. The molecule has 0 saturated heterocycles. The van der Waals surface area contributed by atoms with Gasteiger partial charge in [-0.2, -0.15) is 0 Å². The highest BCUT2D eigenvalue weighted by atomic mass is 35.5. The molecular formula is C40H54Cl4FN6O11PS2. The summed E-state index contributed by atoms with van der Waals surface area (Å²) in [6, 6.07) is 8.75. The predicted molar refractivity (Wildman–Crippen MR) is 255 cm³/mol. The van der Waals surface area contributed by atoms with Crippen molar-refractivity contribution in [2.24, 2.45) is 4.99 Å². The number of nitrogens with one attached hydrogen (secondary N) is 1. The summed E-state index contributed by atoms with van der Waals surface area (Å²) in [6.07, 6.45) is 6.26. The molecule has 0 radical (unpaired) electrons. The van der Waals surface area contributed by atoms with Gasteiger partial charge in [0.15, 0.2) is 4.84 Å².